The molecule has 0 aliphatic carbocycles. The minimum absolute atomic E-state index is 0.570. The molecule has 8 aromatic carbocycles. The summed E-state index contributed by atoms with van der Waals surface area (Å²) in [7, 11) is 0. The summed E-state index contributed by atoms with van der Waals surface area (Å²) < 4.78 is 0. The Bertz CT molecular complexity index is 3510. The van der Waals surface area contributed by atoms with Gasteiger partial charge in [-0.2, -0.15) is 0 Å². The quantitative estimate of drug-likeness (QED) is 0.112. The number of allylic oxidation sites excluding steroid dienone is 1. The van der Waals surface area contributed by atoms with Gasteiger partial charge in [-0.3, -0.25) is 9.98 Å². The fraction of sp³-hybridized carbons (Fsp3) is 0.0189. The van der Waals surface area contributed by atoms with E-state index in [2.05, 4.69) is 83.4 Å². The van der Waals surface area contributed by atoms with Crippen molar-refractivity contribution in [3.8, 4) is 68.3 Å². The summed E-state index contributed by atoms with van der Waals surface area (Å²) in [4.78, 5) is 39.4. The maximum atomic E-state index is 5.18. The molecular formula is C53H34N8. The number of nitrogens with zero attached hydrogens (tertiary/aromatic N) is 8. The minimum atomic E-state index is 0.570. The molecule has 11 rings (SSSR count). The van der Waals surface area contributed by atoms with Gasteiger partial charge in [-0.1, -0.05) is 115 Å². The van der Waals surface area contributed by atoms with Crippen LogP contribution in [0.15, 0.2) is 175 Å². The number of fused-ring (bicyclic) bond motifs is 1. The van der Waals surface area contributed by atoms with Crippen LogP contribution in [-0.2, 0) is 0 Å². The molecule has 0 atom stereocenters. The first-order chi connectivity index (χ1) is 30.1. The second kappa shape index (κ2) is 14.8. The van der Waals surface area contributed by atoms with Crippen LogP contribution in [0.2, 0.25) is 0 Å². The second-order valence-corrected chi connectivity index (χ2v) is 14.8. The molecule has 0 fully saturated rings. The lowest BCUT2D eigenvalue weighted by molar-refractivity contribution is 1.08. The highest BCUT2D eigenvalue weighted by atomic mass is 15.0. The summed E-state index contributed by atoms with van der Waals surface area (Å²) in [5, 5.41) is 7.56. The van der Waals surface area contributed by atoms with E-state index < -0.39 is 0 Å². The van der Waals surface area contributed by atoms with Crippen molar-refractivity contribution in [3.63, 3.8) is 0 Å². The molecule has 3 aromatic heterocycles. The van der Waals surface area contributed by atoms with Gasteiger partial charge in [0.1, 0.15) is 0 Å². The number of aromatic nitrogens is 7. The number of rotatable bonds is 8. The van der Waals surface area contributed by atoms with Crippen molar-refractivity contribution >= 4 is 61.7 Å². The summed E-state index contributed by atoms with van der Waals surface area (Å²) >= 11 is 0. The molecule has 11 aromatic rings. The second-order valence-electron chi connectivity index (χ2n) is 14.8. The molecule has 0 amide bonds. The van der Waals surface area contributed by atoms with Gasteiger partial charge in [0.15, 0.2) is 34.9 Å². The van der Waals surface area contributed by atoms with E-state index in [9.17, 15) is 0 Å². The van der Waals surface area contributed by atoms with Crippen LogP contribution in [0.25, 0.3) is 118 Å². The summed E-state index contributed by atoms with van der Waals surface area (Å²) in [5.41, 5.74) is 8.03. The first-order valence-corrected chi connectivity index (χ1v) is 20.0. The molecule has 8 nitrogen and oxygen atoms in total. The standard InChI is InChI=1S/C53H34N8/c1-3-11-36-30-38(21-27-44(36)54-2)50-56-48(34-12-6-4-7-13-34)58-52(60-50)42-25-19-32-18-24-41-43(26-20-33-17-23-40(42)46(32)47(33)41)53-59-49(35-14-8-5-9-15-35)57-51(61-53)39-22-28-45-37(31-39)16-10-29-55-45/h3-31H,2H2,1H3/b11-3-. The number of aliphatic imine (C=N–C) groups is 1. The van der Waals surface area contributed by atoms with Gasteiger partial charge in [-0.25, -0.2) is 29.9 Å². The molecule has 8 heteroatoms. The highest BCUT2D eigenvalue weighted by molar-refractivity contribution is 6.27. The van der Waals surface area contributed by atoms with Crippen LogP contribution in [0.5, 0.6) is 0 Å². The number of hydrogen-bond donors (Lipinski definition) is 0. The summed E-state index contributed by atoms with van der Waals surface area (Å²) in [5.74, 6) is 3.54. The van der Waals surface area contributed by atoms with Gasteiger partial charge in [0.25, 0.3) is 0 Å². The van der Waals surface area contributed by atoms with Crippen LogP contribution >= 0.6 is 0 Å². The van der Waals surface area contributed by atoms with Crippen molar-refractivity contribution < 1.29 is 0 Å². The SMILES string of the molecule is C=Nc1ccc(-c2nc(-c3ccccc3)nc(-c3ccc4ccc5c(-c6nc(-c7ccccc7)nc(-c7ccc8ncccc8c7)n6)ccc6ccc3c4c65)n2)cc1/C=C\C. The lowest BCUT2D eigenvalue weighted by Gasteiger charge is -2.16. The van der Waals surface area contributed by atoms with E-state index in [1.807, 2.05) is 110 Å². The van der Waals surface area contributed by atoms with Crippen molar-refractivity contribution in [2.24, 2.45) is 4.99 Å². The van der Waals surface area contributed by atoms with E-state index >= 15 is 0 Å². The van der Waals surface area contributed by atoms with E-state index in [0.29, 0.717) is 34.9 Å². The molecule has 286 valence electrons. The van der Waals surface area contributed by atoms with Crippen molar-refractivity contribution in [2.45, 2.75) is 6.92 Å². The zero-order chi connectivity index (χ0) is 40.9. The maximum absolute atomic E-state index is 5.18. The predicted molar refractivity (Wildman–Crippen MR) is 249 cm³/mol. The van der Waals surface area contributed by atoms with Gasteiger partial charge in [0, 0.05) is 50.5 Å². The third-order valence-corrected chi connectivity index (χ3v) is 11.1. The predicted octanol–water partition coefficient (Wildman–Crippen LogP) is 12.9. The fourth-order valence-electron chi connectivity index (χ4n) is 8.24. The molecule has 61 heavy (non-hydrogen) atoms. The van der Waals surface area contributed by atoms with Gasteiger partial charge in [-0.05, 0) is 101 Å². The Morgan fingerprint density at radius 3 is 1.51 bits per heavy atom. The molecule has 0 spiro atoms. The molecule has 0 N–H and O–H groups in total. The summed E-state index contributed by atoms with van der Waals surface area (Å²) in [6.07, 6.45) is 5.81. The molecule has 0 aliphatic heterocycles. The van der Waals surface area contributed by atoms with Gasteiger partial charge in [0.2, 0.25) is 0 Å². The largest absolute Gasteiger partial charge is 0.264 e. The number of pyridine rings is 1. The molecule has 0 saturated heterocycles. The Morgan fingerprint density at radius 2 is 0.951 bits per heavy atom. The first-order valence-electron chi connectivity index (χ1n) is 20.0. The molecular weight excluding hydrogens is 749 g/mol. The van der Waals surface area contributed by atoms with Gasteiger partial charge < -0.3 is 0 Å². The van der Waals surface area contributed by atoms with Crippen LogP contribution < -0.4 is 0 Å². The average molecular weight is 783 g/mol. The average Bonchev–Trinajstić information content (AvgIpc) is 3.33. The van der Waals surface area contributed by atoms with E-state index in [0.717, 1.165) is 87.9 Å². The van der Waals surface area contributed by atoms with Crippen molar-refractivity contribution in [2.75, 3.05) is 0 Å². The third-order valence-electron chi connectivity index (χ3n) is 11.1. The zero-order valence-corrected chi connectivity index (χ0v) is 33.0. The molecule has 0 bridgehead atoms. The maximum Gasteiger partial charge on any atom is 0.164 e. The van der Waals surface area contributed by atoms with Crippen LogP contribution in [-0.4, -0.2) is 41.6 Å². The van der Waals surface area contributed by atoms with E-state index in [1.54, 1.807) is 6.20 Å². The fourth-order valence-corrected chi connectivity index (χ4v) is 8.24. The normalized spacial score (nSPS) is 11.7. The third kappa shape index (κ3) is 6.34. The molecule has 0 saturated carbocycles. The zero-order valence-electron chi connectivity index (χ0n) is 33.0. The minimum Gasteiger partial charge on any atom is -0.264 e. The Labute approximate surface area is 351 Å². The van der Waals surface area contributed by atoms with Crippen molar-refractivity contribution in [1.82, 2.24) is 34.9 Å². The van der Waals surface area contributed by atoms with Crippen LogP contribution in [0, 0.1) is 0 Å². The van der Waals surface area contributed by atoms with Gasteiger partial charge >= 0.3 is 0 Å². The smallest absolute Gasteiger partial charge is 0.164 e. The van der Waals surface area contributed by atoms with Gasteiger partial charge in [-0.15, -0.1) is 0 Å². The Morgan fingerprint density at radius 1 is 0.443 bits per heavy atom. The topological polar surface area (TPSA) is 103 Å². The highest BCUT2D eigenvalue weighted by Crippen LogP contribution is 2.42. The summed E-state index contributed by atoms with van der Waals surface area (Å²) in [6, 6.07) is 53.5. The Hall–Kier alpha value is -8.36. The van der Waals surface area contributed by atoms with Crippen molar-refractivity contribution in [3.05, 3.63) is 176 Å². The van der Waals surface area contributed by atoms with Crippen LogP contribution in [0.3, 0.4) is 0 Å². The monoisotopic (exact) mass is 782 g/mol. The summed E-state index contributed by atoms with van der Waals surface area (Å²) in [6.45, 7) is 5.76. The highest BCUT2D eigenvalue weighted by Gasteiger charge is 2.21. The van der Waals surface area contributed by atoms with E-state index in [4.69, 9.17) is 29.9 Å². The Kier molecular flexibility index (Phi) is 8.67. The first kappa shape index (κ1) is 35.8. The molecule has 0 unspecified atom stereocenters. The molecule has 3 heterocycles. The van der Waals surface area contributed by atoms with E-state index in [-0.39, 0.29) is 0 Å². The lowest BCUT2D eigenvalue weighted by Crippen LogP contribution is -2.01. The van der Waals surface area contributed by atoms with E-state index in [1.165, 1.54) is 0 Å². The van der Waals surface area contributed by atoms with Crippen LogP contribution in [0.1, 0.15) is 12.5 Å². The number of hydrogen-bond acceptors (Lipinski definition) is 8. The lowest BCUT2D eigenvalue weighted by atomic mass is 9.89. The van der Waals surface area contributed by atoms with Crippen LogP contribution in [0.4, 0.5) is 5.69 Å². The Balaban J connectivity index is 1.12. The van der Waals surface area contributed by atoms with Gasteiger partial charge in [0.05, 0.1) is 11.2 Å². The molecule has 0 aliphatic rings. The molecule has 0 radical (unpaired) electrons. The van der Waals surface area contributed by atoms with Crippen molar-refractivity contribution in [1.29, 1.82) is 0 Å². The number of benzene rings is 8.